The number of hydrogen-bond donors (Lipinski definition) is 2. The number of nitrogens with one attached hydrogen (secondary N) is 1. The SMILES string of the molecule is CCC(CO)N1CCN(C(=O)CCCc2c[nH]c3ccccc23)CC1. The molecule has 25 heavy (non-hydrogen) atoms. The molecule has 1 aliphatic rings. The minimum Gasteiger partial charge on any atom is -0.395 e. The summed E-state index contributed by atoms with van der Waals surface area (Å²) in [5, 5.41) is 10.7. The molecule has 1 atom stereocenters. The quantitative estimate of drug-likeness (QED) is 0.812. The van der Waals surface area contributed by atoms with Crippen LogP contribution in [0.3, 0.4) is 0 Å². The van der Waals surface area contributed by atoms with E-state index in [1.54, 1.807) is 0 Å². The molecular formula is C20H29N3O2. The minimum absolute atomic E-state index is 0.203. The van der Waals surface area contributed by atoms with Crippen LogP contribution in [0.2, 0.25) is 0 Å². The Morgan fingerprint density at radius 1 is 1.24 bits per heavy atom. The highest BCUT2D eigenvalue weighted by molar-refractivity contribution is 5.83. The first-order valence-corrected chi connectivity index (χ1v) is 9.40. The first-order chi connectivity index (χ1) is 12.2. The van der Waals surface area contributed by atoms with Gasteiger partial charge in [0.1, 0.15) is 0 Å². The van der Waals surface area contributed by atoms with Gasteiger partial charge < -0.3 is 15.0 Å². The van der Waals surface area contributed by atoms with Gasteiger partial charge in [-0.05, 0) is 30.9 Å². The molecule has 3 rings (SSSR count). The van der Waals surface area contributed by atoms with E-state index in [2.05, 4.69) is 41.2 Å². The fraction of sp³-hybridized carbons (Fsp3) is 0.550. The predicted octanol–water partition coefficient (Wildman–Crippen LogP) is 2.41. The fourth-order valence-electron chi connectivity index (χ4n) is 3.77. The van der Waals surface area contributed by atoms with Gasteiger partial charge in [0.25, 0.3) is 0 Å². The lowest BCUT2D eigenvalue weighted by Crippen LogP contribution is -2.52. The number of hydrogen-bond acceptors (Lipinski definition) is 3. The molecule has 2 N–H and O–H groups in total. The number of aromatic amines is 1. The average molecular weight is 343 g/mol. The summed E-state index contributed by atoms with van der Waals surface area (Å²) in [6.45, 7) is 5.60. The van der Waals surface area contributed by atoms with Crippen LogP contribution in [0, 0.1) is 0 Å². The third-order valence-corrected chi connectivity index (χ3v) is 5.38. The lowest BCUT2D eigenvalue weighted by molar-refractivity contribution is -0.133. The number of para-hydroxylation sites is 1. The molecule has 0 radical (unpaired) electrons. The highest BCUT2D eigenvalue weighted by Crippen LogP contribution is 2.20. The van der Waals surface area contributed by atoms with Crippen LogP contribution in [-0.4, -0.2) is 64.6 Å². The number of benzene rings is 1. The number of fused-ring (bicyclic) bond motifs is 1. The minimum atomic E-state index is 0.203. The number of aliphatic hydroxyl groups excluding tert-OH is 1. The molecule has 5 nitrogen and oxygen atoms in total. The summed E-state index contributed by atoms with van der Waals surface area (Å²) in [5.41, 5.74) is 2.45. The summed E-state index contributed by atoms with van der Waals surface area (Å²) >= 11 is 0. The summed E-state index contributed by atoms with van der Waals surface area (Å²) in [6, 6.07) is 8.54. The van der Waals surface area contributed by atoms with Crippen molar-refractivity contribution in [2.75, 3.05) is 32.8 Å². The molecule has 1 aromatic carbocycles. The van der Waals surface area contributed by atoms with Crippen LogP contribution < -0.4 is 0 Å². The number of H-pyrrole nitrogens is 1. The zero-order valence-electron chi connectivity index (χ0n) is 15.1. The zero-order valence-corrected chi connectivity index (χ0v) is 15.1. The molecule has 1 saturated heterocycles. The van der Waals surface area contributed by atoms with Crippen molar-refractivity contribution in [3.63, 3.8) is 0 Å². The van der Waals surface area contributed by atoms with Gasteiger partial charge in [0.05, 0.1) is 6.61 Å². The van der Waals surface area contributed by atoms with Crippen LogP contribution in [0.15, 0.2) is 30.5 Å². The second kappa shape index (κ2) is 8.50. The second-order valence-electron chi connectivity index (χ2n) is 6.87. The van der Waals surface area contributed by atoms with Gasteiger partial charge in [-0.1, -0.05) is 25.1 Å². The second-order valence-corrected chi connectivity index (χ2v) is 6.87. The number of aliphatic hydroxyl groups is 1. The highest BCUT2D eigenvalue weighted by Gasteiger charge is 2.24. The number of carbonyl (C=O) groups excluding carboxylic acids is 1. The summed E-state index contributed by atoms with van der Waals surface area (Å²) in [5.74, 6) is 0.261. The Hall–Kier alpha value is -1.85. The van der Waals surface area contributed by atoms with Crippen LogP contribution in [0.25, 0.3) is 10.9 Å². The predicted molar refractivity (Wildman–Crippen MR) is 101 cm³/mol. The molecular weight excluding hydrogens is 314 g/mol. The maximum absolute atomic E-state index is 12.5. The van der Waals surface area contributed by atoms with E-state index >= 15 is 0 Å². The molecule has 1 fully saturated rings. The molecule has 0 spiro atoms. The highest BCUT2D eigenvalue weighted by atomic mass is 16.3. The van der Waals surface area contributed by atoms with E-state index in [1.165, 1.54) is 10.9 Å². The number of piperazine rings is 1. The topological polar surface area (TPSA) is 59.6 Å². The van der Waals surface area contributed by atoms with Crippen LogP contribution in [-0.2, 0) is 11.2 Å². The van der Waals surface area contributed by atoms with Gasteiger partial charge in [0.2, 0.25) is 5.91 Å². The fourth-order valence-corrected chi connectivity index (χ4v) is 3.77. The largest absolute Gasteiger partial charge is 0.395 e. The van der Waals surface area contributed by atoms with E-state index in [9.17, 15) is 9.90 Å². The van der Waals surface area contributed by atoms with Crippen molar-refractivity contribution in [3.8, 4) is 0 Å². The van der Waals surface area contributed by atoms with Gasteiger partial charge in [-0.3, -0.25) is 9.69 Å². The van der Waals surface area contributed by atoms with Crippen molar-refractivity contribution in [3.05, 3.63) is 36.0 Å². The number of rotatable bonds is 7. The van der Waals surface area contributed by atoms with E-state index in [1.807, 2.05) is 11.0 Å². The van der Waals surface area contributed by atoms with Gasteiger partial charge in [-0.25, -0.2) is 0 Å². The number of nitrogens with zero attached hydrogens (tertiary/aromatic N) is 2. The molecule has 5 heteroatoms. The van der Waals surface area contributed by atoms with Crippen molar-refractivity contribution >= 4 is 16.8 Å². The molecule has 0 aliphatic carbocycles. The Morgan fingerprint density at radius 2 is 2.00 bits per heavy atom. The lowest BCUT2D eigenvalue weighted by Gasteiger charge is -2.38. The van der Waals surface area contributed by atoms with Gasteiger partial charge in [-0.2, -0.15) is 0 Å². The zero-order chi connectivity index (χ0) is 17.6. The van der Waals surface area contributed by atoms with Crippen molar-refractivity contribution in [1.82, 2.24) is 14.8 Å². The molecule has 2 heterocycles. The van der Waals surface area contributed by atoms with Crippen LogP contribution in [0.1, 0.15) is 31.7 Å². The maximum atomic E-state index is 12.5. The van der Waals surface area contributed by atoms with Crippen LogP contribution >= 0.6 is 0 Å². The third-order valence-electron chi connectivity index (χ3n) is 5.38. The molecule has 1 aromatic heterocycles. The Balaban J connectivity index is 1.44. The van der Waals surface area contributed by atoms with E-state index in [4.69, 9.17) is 0 Å². The smallest absolute Gasteiger partial charge is 0.222 e. The molecule has 1 aliphatic heterocycles. The summed E-state index contributed by atoms with van der Waals surface area (Å²) in [4.78, 5) is 20.0. The van der Waals surface area contributed by atoms with E-state index < -0.39 is 0 Å². The monoisotopic (exact) mass is 343 g/mol. The first-order valence-electron chi connectivity index (χ1n) is 9.40. The van der Waals surface area contributed by atoms with Crippen LogP contribution in [0.5, 0.6) is 0 Å². The van der Waals surface area contributed by atoms with Gasteiger partial charge in [-0.15, -0.1) is 0 Å². The lowest BCUT2D eigenvalue weighted by atomic mass is 10.1. The van der Waals surface area contributed by atoms with Gasteiger partial charge in [0, 0.05) is 55.7 Å². The average Bonchev–Trinajstić information content (AvgIpc) is 3.06. The summed E-state index contributed by atoms with van der Waals surface area (Å²) < 4.78 is 0. The maximum Gasteiger partial charge on any atom is 0.222 e. The number of carbonyl (C=O) groups is 1. The van der Waals surface area contributed by atoms with Crippen molar-refractivity contribution in [1.29, 1.82) is 0 Å². The van der Waals surface area contributed by atoms with Crippen LogP contribution in [0.4, 0.5) is 0 Å². The van der Waals surface area contributed by atoms with E-state index in [0.717, 1.165) is 51.0 Å². The Bertz CT molecular complexity index is 685. The van der Waals surface area contributed by atoms with Crippen molar-refractivity contribution in [2.45, 2.75) is 38.6 Å². The van der Waals surface area contributed by atoms with Crippen molar-refractivity contribution in [2.24, 2.45) is 0 Å². The Labute approximate surface area is 149 Å². The van der Waals surface area contributed by atoms with Gasteiger partial charge in [0.15, 0.2) is 0 Å². The number of aryl methyl sites for hydroxylation is 1. The van der Waals surface area contributed by atoms with Crippen molar-refractivity contribution < 1.29 is 9.90 Å². The van der Waals surface area contributed by atoms with E-state index in [-0.39, 0.29) is 18.6 Å². The molecule has 1 unspecified atom stereocenters. The Morgan fingerprint density at radius 3 is 2.72 bits per heavy atom. The molecule has 0 bridgehead atoms. The number of aromatic nitrogens is 1. The number of amides is 1. The summed E-state index contributed by atoms with van der Waals surface area (Å²) in [7, 11) is 0. The van der Waals surface area contributed by atoms with Gasteiger partial charge >= 0.3 is 0 Å². The van der Waals surface area contributed by atoms with E-state index in [0.29, 0.717) is 6.42 Å². The third kappa shape index (κ3) is 4.22. The molecule has 2 aromatic rings. The summed E-state index contributed by atoms with van der Waals surface area (Å²) in [6.07, 6.45) is 5.44. The molecule has 0 saturated carbocycles. The molecule has 1 amide bonds. The first kappa shape index (κ1) is 18.0. The Kier molecular flexibility index (Phi) is 6.10. The standard InChI is InChI=1S/C20H29N3O2/c1-2-17(15-24)22-10-12-23(13-11-22)20(25)9-5-6-16-14-21-19-8-4-3-7-18(16)19/h3-4,7-8,14,17,21,24H,2,5-6,9-13,15H2,1H3. The normalized spacial score (nSPS) is 17.1. The molecule has 136 valence electrons.